The van der Waals surface area contributed by atoms with Crippen molar-refractivity contribution in [3.8, 4) is 0 Å². The maximum absolute atomic E-state index is 14.2. The first-order valence-electron chi connectivity index (χ1n) is 20.6. The third-order valence-corrected chi connectivity index (χ3v) is 16.7. The Labute approximate surface area is 316 Å². The Morgan fingerprint density at radius 2 is 0.500 bits per heavy atom. The van der Waals surface area contributed by atoms with Crippen molar-refractivity contribution in [2.75, 3.05) is 0 Å². The number of benzene rings is 2. The molecule has 18 rings (SSSR count). The van der Waals surface area contributed by atoms with Gasteiger partial charge in [-0.15, -0.1) is 0 Å². The van der Waals surface area contributed by atoms with Crippen LogP contribution in [0.4, 0.5) is 0 Å². The molecule has 12 aliphatic rings. The Bertz CT molecular complexity index is 2690. The van der Waals surface area contributed by atoms with Crippen LogP contribution in [-0.2, 0) is 26.2 Å². The van der Waals surface area contributed by atoms with E-state index in [-0.39, 0.29) is 69.3 Å². The van der Waals surface area contributed by atoms with E-state index in [9.17, 15) is 38.4 Å². The van der Waals surface area contributed by atoms with Gasteiger partial charge in [0.05, 0.1) is 43.1 Å². The molecule has 0 atom stereocenters. The fourth-order valence-electron chi connectivity index (χ4n) is 16.1. The second kappa shape index (κ2) is 9.74. The first-order chi connectivity index (χ1) is 26.7. The SMILES string of the molecule is O=c1c2cc3c(=O)n4c(=O)c3cc2c(=O)n1CC12CC3CC(C1)CC(C3)(Cn1c(=O)c3cc5c(=O)n(c(=O)c5cc3c1=O)CC13CC5CC(CC(C5)(C4)C1)C3)C2. The van der Waals surface area contributed by atoms with Crippen molar-refractivity contribution >= 4 is 43.1 Å². The van der Waals surface area contributed by atoms with Gasteiger partial charge in [-0.2, -0.15) is 0 Å². The molecular formula is C44H40N4O8. The van der Waals surface area contributed by atoms with Crippen molar-refractivity contribution < 1.29 is 0 Å². The zero-order valence-electron chi connectivity index (χ0n) is 31.0. The molecule has 8 aliphatic carbocycles. The molecule has 8 heterocycles. The molecule has 8 saturated carbocycles. The van der Waals surface area contributed by atoms with Gasteiger partial charge in [-0.3, -0.25) is 56.6 Å². The lowest BCUT2D eigenvalue weighted by molar-refractivity contribution is -0.125. The van der Waals surface area contributed by atoms with Crippen molar-refractivity contribution in [3.05, 3.63) is 107 Å². The molecule has 0 N–H and O–H groups in total. The summed E-state index contributed by atoms with van der Waals surface area (Å²) in [4.78, 5) is 114. The predicted molar refractivity (Wildman–Crippen MR) is 209 cm³/mol. The number of hydrogen-bond acceptors (Lipinski definition) is 8. The van der Waals surface area contributed by atoms with Gasteiger partial charge in [0, 0.05) is 26.2 Å². The maximum Gasteiger partial charge on any atom is 0.261 e. The Morgan fingerprint density at radius 3 is 0.679 bits per heavy atom. The van der Waals surface area contributed by atoms with Crippen LogP contribution in [0, 0.1) is 45.3 Å². The van der Waals surface area contributed by atoms with Gasteiger partial charge in [0.1, 0.15) is 0 Å². The fourth-order valence-corrected chi connectivity index (χ4v) is 16.1. The number of nitrogens with zero attached hydrogens (tertiary/aromatic N) is 4. The molecule has 12 nitrogen and oxygen atoms in total. The second-order valence-corrected chi connectivity index (χ2v) is 20.6. The Morgan fingerprint density at radius 1 is 0.321 bits per heavy atom. The van der Waals surface area contributed by atoms with E-state index in [2.05, 4.69) is 0 Å². The van der Waals surface area contributed by atoms with Gasteiger partial charge in [-0.05, 0) is 147 Å². The van der Waals surface area contributed by atoms with Crippen LogP contribution in [0.3, 0.4) is 0 Å². The summed E-state index contributed by atoms with van der Waals surface area (Å²) in [5, 5.41) is 1.28. The number of aromatic nitrogens is 4. The largest absolute Gasteiger partial charge is 0.274 e. The average Bonchev–Trinajstić information content (AvgIpc) is 3.69. The molecule has 0 saturated heterocycles. The van der Waals surface area contributed by atoms with E-state index in [0.29, 0.717) is 36.5 Å². The van der Waals surface area contributed by atoms with Crippen molar-refractivity contribution in [1.29, 1.82) is 0 Å². The predicted octanol–water partition coefficient (Wildman–Crippen LogP) is 3.03. The molecule has 4 aliphatic heterocycles. The van der Waals surface area contributed by atoms with Crippen molar-refractivity contribution in [2.45, 2.75) is 103 Å². The molecule has 56 heavy (non-hydrogen) atoms. The molecule has 2 aromatic carbocycles. The van der Waals surface area contributed by atoms with Crippen molar-refractivity contribution in [3.63, 3.8) is 0 Å². The lowest BCUT2D eigenvalue weighted by Gasteiger charge is -2.62. The minimum absolute atomic E-state index is 0.160. The number of rotatable bonds is 0. The molecule has 284 valence electrons. The molecule has 0 unspecified atom stereocenters. The molecule has 0 amide bonds. The highest BCUT2D eigenvalue weighted by Crippen LogP contribution is 2.67. The monoisotopic (exact) mass is 752 g/mol. The summed E-state index contributed by atoms with van der Waals surface area (Å²) < 4.78 is 5.28. The first-order valence-corrected chi connectivity index (χ1v) is 20.6. The van der Waals surface area contributed by atoms with Crippen LogP contribution in [-0.4, -0.2) is 18.3 Å². The summed E-state index contributed by atoms with van der Waals surface area (Å²) in [6.45, 7) is 0.813. The van der Waals surface area contributed by atoms with E-state index in [1.54, 1.807) is 0 Å². The van der Waals surface area contributed by atoms with Crippen LogP contribution < -0.4 is 44.5 Å². The third-order valence-electron chi connectivity index (χ3n) is 16.7. The number of hydrogen-bond donors (Lipinski definition) is 0. The van der Waals surface area contributed by atoms with E-state index in [4.69, 9.17) is 0 Å². The molecule has 12 heteroatoms. The minimum Gasteiger partial charge on any atom is -0.274 e. The van der Waals surface area contributed by atoms with Gasteiger partial charge >= 0.3 is 0 Å². The van der Waals surface area contributed by atoms with E-state index < -0.39 is 66.1 Å². The lowest BCUT2D eigenvalue weighted by atomic mass is 9.44. The Kier molecular flexibility index (Phi) is 5.59. The topological polar surface area (TPSA) is 156 Å². The molecule has 6 aromatic rings. The van der Waals surface area contributed by atoms with Crippen molar-refractivity contribution in [1.82, 2.24) is 18.3 Å². The normalized spacial score (nSPS) is 35.6. The van der Waals surface area contributed by atoms with Crippen LogP contribution >= 0.6 is 0 Å². The zero-order chi connectivity index (χ0) is 38.0. The third kappa shape index (κ3) is 3.86. The smallest absolute Gasteiger partial charge is 0.261 e. The average molecular weight is 753 g/mol. The van der Waals surface area contributed by atoms with E-state index in [1.807, 2.05) is 0 Å². The molecule has 0 radical (unpaired) electrons. The first kappa shape index (κ1) is 32.1. The molecule has 4 aromatic heterocycles. The molecule has 8 fully saturated rings. The van der Waals surface area contributed by atoms with Crippen LogP contribution in [0.15, 0.2) is 62.6 Å². The molecule has 4 spiro atoms. The van der Waals surface area contributed by atoms with Crippen LogP contribution in [0.25, 0.3) is 43.1 Å². The quantitative estimate of drug-likeness (QED) is 0.229. The summed E-state index contributed by atoms with van der Waals surface area (Å²) in [5.41, 5.74) is -5.11. The van der Waals surface area contributed by atoms with Gasteiger partial charge in [-0.25, -0.2) is 0 Å². The van der Waals surface area contributed by atoms with Crippen molar-refractivity contribution in [2.24, 2.45) is 45.3 Å². The summed E-state index contributed by atoms with van der Waals surface area (Å²) in [7, 11) is 0. The van der Waals surface area contributed by atoms with E-state index >= 15 is 0 Å². The van der Waals surface area contributed by atoms with Gasteiger partial charge in [0.2, 0.25) is 0 Å². The van der Waals surface area contributed by atoms with Gasteiger partial charge in [-0.1, -0.05) is 0 Å². The summed E-state index contributed by atoms with van der Waals surface area (Å²) in [5.74, 6) is 1.27. The second-order valence-electron chi connectivity index (χ2n) is 20.6. The van der Waals surface area contributed by atoms with E-state index in [0.717, 1.165) is 64.2 Å². The standard InChI is InChI=1S/C44H40N4O8/c49-33-25-3-29-30-4-26(25)34(50)45(33)17-41-7-21-1-22(8-41)10-42(9-21,15-41)18-46-35(51)27-5-31-32(6-28(27)36(46)52)40(56)48(39(31)55)20-44-13-23-2-24(14-44)12-43(11-23,16-44)19-47(37(29)53)38(30)54/h3-6,21-24H,1-2,7-20H2. The zero-order valence-corrected chi connectivity index (χ0v) is 31.0. The van der Waals surface area contributed by atoms with Crippen LogP contribution in [0.2, 0.25) is 0 Å². The Hall–Kier alpha value is -5.00. The molecular weight excluding hydrogens is 713 g/mol. The highest BCUT2D eigenvalue weighted by Gasteiger charge is 2.59. The minimum atomic E-state index is -0.441. The molecule has 20 bridgehead atoms. The summed E-state index contributed by atoms with van der Waals surface area (Å²) >= 11 is 0. The van der Waals surface area contributed by atoms with Gasteiger partial charge in [0.15, 0.2) is 0 Å². The lowest BCUT2D eigenvalue weighted by Crippen LogP contribution is -2.56. The highest BCUT2D eigenvalue weighted by atomic mass is 16.2. The summed E-state index contributed by atoms with van der Waals surface area (Å²) in [6, 6.07) is 5.88. The van der Waals surface area contributed by atoms with Gasteiger partial charge < -0.3 is 0 Å². The van der Waals surface area contributed by atoms with Crippen LogP contribution in [0.5, 0.6) is 0 Å². The fraction of sp³-hybridized carbons (Fsp3) is 0.545. The van der Waals surface area contributed by atoms with E-state index in [1.165, 1.54) is 42.5 Å². The van der Waals surface area contributed by atoms with Crippen LogP contribution in [0.1, 0.15) is 77.0 Å². The summed E-state index contributed by atoms with van der Waals surface area (Å²) in [6.07, 6.45) is 10.0. The van der Waals surface area contributed by atoms with Gasteiger partial charge in [0.25, 0.3) is 44.5 Å². The Balaban J connectivity index is 1.05. The highest BCUT2D eigenvalue weighted by molar-refractivity contribution is 5.99. The maximum atomic E-state index is 14.2.